The van der Waals surface area contributed by atoms with Crippen LogP contribution >= 0.6 is 0 Å². The van der Waals surface area contributed by atoms with E-state index in [-0.39, 0.29) is 11.0 Å². The summed E-state index contributed by atoms with van der Waals surface area (Å²) in [5.74, 6) is 0.775. The molecule has 0 aromatic heterocycles. The molecule has 106 valence electrons. The SMILES string of the molecule is CS(=O)(=O)c1ccccc1OC1CCCCC1CN. The van der Waals surface area contributed by atoms with E-state index in [1.807, 2.05) is 0 Å². The van der Waals surface area contributed by atoms with Crippen LogP contribution in [-0.2, 0) is 9.84 Å². The van der Waals surface area contributed by atoms with Gasteiger partial charge in [-0.05, 0) is 37.9 Å². The highest BCUT2D eigenvalue weighted by molar-refractivity contribution is 7.90. The molecule has 0 amide bonds. The fraction of sp³-hybridized carbons (Fsp3) is 0.571. The van der Waals surface area contributed by atoms with E-state index in [9.17, 15) is 8.42 Å². The van der Waals surface area contributed by atoms with Gasteiger partial charge in [0.25, 0.3) is 0 Å². The monoisotopic (exact) mass is 283 g/mol. The first-order chi connectivity index (χ1) is 9.02. The average Bonchev–Trinajstić information content (AvgIpc) is 2.39. The van der Waals surface area contributed by atoms with Gasteiger partial charge in [0.1, 0.15) is 16.7 Å². The number of hydrogen-bond acceptors (Lipinski definition) is 4. The van der Waals surface area contributed by atoms with Gasteiger partial charge in [0, 0.05) is 12.2 Å². The lowest BCUT2D eigenvalue weighted by Crippen LogP contribution is -2.35. The predicted octanol–water partition coefficient (Wildman–Crippen LogP) is 1.99. The molecule has 5 heteroatoms. The van der Waals surface area contributed by atoms with E-state index in [1.165, 1.54) is 12.7 Å². The Morgan fingerprint density at radius 3 is 2.63 bits per heavy atom. The molecular weight excluding hydrogens is 262 g/mol. The molecular formula is C14H21NO3S. The van der Waals surface area contributed by atoms with Crippen molar-refractivity contribution >= 4 is 9.84 Å². The van der Waals surface area contributed by atoms with E-state index < -0.39 is 9.84 Å². The predicted molar refractivity (Wildman–Crippen MR) is 75.0 cm³/mol. The van der Waals surface area contributed by atoms with Crippen LogP contribution in [0.2, 0.25) is 0 Å². The number of para-hydroxylation sites is 1. The first kappa shape index (κ1) is 14.3. The molecule has 1 aromatic rings. The summed E-state index contributed by atoms with van der Waals surface area (Å²) in [5, 5.41) is 0. The van der Waals surface area contributed by atoms with Gasteiger partial charge >= 0.3 is 0 Å². The van der Waals surface area contributed by atoms with Crippen LogP contribution in [0, 0.1) is 5.92 Å². The Hall–Kier alpha value is -1.07. The summed E-state index contributed by atoms with van der Waals surface area (Å²) in [4.78, 5) is 0.261. The molecule has 2 atom stereocenters. The van der Waals surface area contributed by atoms with Crippen LogP contribution in [0.3, 0.4) is 0 Å². The maximum Gasteiger partial charge on any atom is 0.179 e. The zero-order chi connectivity index (χ0) is 13.9. The number of sulfone groups is 1. The second kappa shape index (κ2) is 5.92. The third-order valence-electron chi connectivity index (χ3n) is 3.67. The molecule has 2 unspecified atom stereocenters. The van der Waals surface area contributed by atoms with Gasteiger partial charge in [-0.1, -0.05) is 18.6 Å². The topological polar surface area (TPSA) is 69.4 Å². The van der Waals surface area contributed by atoms with E-state index in [4.69, 9.17) is 10.5 Å². The van der Waals surface area contributed by atoms with Crippen LogP contribution in [-0.4, -0.2) is 27.3 Å². The smallest absolute Gasteiger partial charge is 0.179 e. The zero-order valence-electron chi connectivity index (χ0n) is 11.2. The summed E-state index contributed by atoms with van der Waals surface area (Å²) in [5.41, 5.74) is 5.77. The molecule has 2 rings (SSSR count). The molecule has 1 fully saturated rings. The van der Waals surface area contributed by atoms with Crippen LogP contribution in [0.25, 0.3) is 0 Å². The fourth-order valence-corrected chi connectivity index (χ4v) is 3.42. The molecule has 0 aliphatic heterocycles. The molecule has 1 saturated carbocycles. The Balaban J connectivity index is 2.23. The van der Waals surface area contributed by atoms with Gasteiger partial charge < -0.3 is 10.5 Å². The maximum absolute atomic E-state index is 11.7. The highest BCUT2D eigenvalue weighted by Gasteiger charge is 2.27. The zero-order valence-corrected chi connectivity index (χ0v) is 12.0. The molecule has 1 aliphatic rings. The summed E-state index contributed by atoms with van der Waals surface area (Å²) < 4.78 is 29.4. The lowest BCUT2D eigenvalue weighted by atomic mass is 9.86. The minimum atomic E-state index is -3.26. The molecule has 1 aromatic carbocycles. The second-order valence-electron chi connectivity index (χ2n) is 5.16. The Kier molecular flexibility index (Phi) is 4.47. The maximum atomic E-state index is 11.7. The van der Waals surface area contributed by atoms with E-state index in [1.54, 1.807) is 24.3 Å². The van der Waals surface area contributed by atoms with Crippen molar-refractivity contribution in [1.29, 1.82) is 0 Å². The number of hydrogen-bond donors (Lipinski definition) is 1. The van der Waals surface area contributed by atoms with Gasteiger partial charge in [0.15, 0.2) is 9.84 Å². The van der Waals surface area contributed by atoms with E-state index in [0.29, 0.717) is 18.2 Å². The average molecular weight is 283 g/mol. The van der Waals surface area contributed by atoms with Crippen molar-refractivity contribution in [2.75, 3.05) is 12.8 Å². The van der Waals surface area contributed by atoms with Crippen LogP contribution in [0.5, 0.6) is 5.75 Å². The van der Waals surface area contributed by atoms with Crippen molar-refractivity contribution in [3.05, 3.63) is 24.3 Å². The van der Waals surface area contributed by atoms with E-state index >= 15 is 0 Å². The molecule has 19 heavy (non-hydrogen) atoms. The number of rotatable bonds is 4. The molecule has 0 radical (unpaired) electrons. The first-order valence-electron chi connectivity index (χ1n) is 6.68. The summed E-state index contributed by atoms with van der Waals surface area (Å²) in [6, 6.07) is 6.82. The lowest BCUT2D eigenvalue weighted by molar-refractivity contribution is 0.0940. The molecule has 4 nitrogen and oxygen atoms in total. The van der Waals surface area contributed by atoms with Crippen LogP contribution in [0.1, 0.15) is 25.7 Å². The largest absolute Gasteiger partial charge is 0.489 e. The van der Waals surface area contributed by atoms with E-state index in [0.717, 1.165) is 19.3 Å². The Labute approximate surface area is 114 Å². The van der Waals surface area contributed by atoms with Crippen molar-refractivity contribution < 1.29 is 13.2 Å². The molecule has 0 saturated heterocycles. The van der Waals surface area contributed by atoms with Crippen molar-refractivity contribution in [2.45, 2.75) is 36.7 Å². The second-order valence-corrected chi connectivity index (χ2v) is 7.14. The Morgan fingerprint density at radius 1 is 1.26 bits per heavy atom. The number of ether oxygens (including phenoxy) is 1. The Morgan fingerprint density at radius 2 is 1.95 bits per heavy atom. The van der Waals surface area contributed by atoms with Gasteiger partial charge in [0.2, 0.25) is 0 Å². The Bertz CT molecular complexity index is 527. The lowest BCUT2D eigenvalue weighted by Gasteiger charge is -2.31. The normalized spacial score (nSPS) is 24.1. The van der Waals surface area contributed by atoms with Gasteiger partial charge in [-0.15, -0.1) is 0 Å². The highest BCUT2D eigenvalue weighted by Crippen LogP contribution is 2.31. The fourth-order valence-electron chi connectivity index (χ4n) is 2.62. The molecule has 0 bridgehead atoms. The molecule has 1 aliphatic carbocycles. The summed E-state index contributed by atoms with van der Waals surface area (Å²) >= 11 is 0. The van der Waals surface area contributed by atoms with Crippen LogP contribution in [0.4, 0.5) is 0 Å². The van der Waals surface area contributed by atoms with Gasteiger partial charge in [-0.25, -0.2) is 8.42 Å². The highest BCUT2D eigenvalue weighted by atomic mass is 32.2. The summed E-state index contributed by atoms with van der Waals surface area (Å²) in [6.45, 7) is 0.589. The van der Waals surface area contributed by atoms with Gasteiger partial charge in [-0.3, -0.25) is 0 Å². The van der Waals surface area contributed by atoms with E-state index in [2.05, 4.69) is 0 Å². The minimum Gasteiger partial charge on any atom is -0.489 e. The third-order valence-corrected chi connectivity index (χ3v) is 4.81. The molecule has 0 heterocycles. The first-order valence-corrected chi connectivity index (χ1v) is 8.57. The third kappa shape index (κ3) is 3.48. The van der Waals surface area contributed by atoms with Crippen LogP contribution in [0.15, 0.2) is 29.2 Å². The van der Waals surface area contributed by atoms with Crippen molar-refractivity contribution in [3.63, 3.8) is 0 Å². The molecule has 0 spiro atoms. The van der Waals surface area contributed by atoms with Crippen molar-refractivity contribution in [2.24, 2.45) is 11.7 Å². The van der Waals surface area contributed by atoms with Crippen molar-refractivity contribution in [1.82, 2.24) is 0 Å². The number of benzene rings is 1. The van der Waals surface area contributed by atoms with Crippen LogP contribution < -0.4 is 10.5 Å². The standard InChI is InChI=1S/C14H21NO3S/c1-19(16,17)14-9-5-4-8-13(14)18-12-7-3-2-6-11(12)10-15/h4-5,8-9,11-12H,2-3,6-7,10,15H2,1H3. The van der Waals surface area contributed by atoms with Gasteiger partial charge in [0.05, 0.1) is 0 Å². The minimum absolute atomic E-state index is 0.0293. The summed E-state index contributed by atoms with van der Waals surface area (Å²) in [7, 11) is -3.26. The van der Waals surface area contributed by atoms with Crippen molar-refractivity contribution in [3.8, 4) is 5.75 Å². The quantitative estimate of drug-likeness (QED) is 0.917. The summed E-state index contributed by atoms with van der Waals surface area (Å²) in [6.07, 6.45) is 5.53. The molecule has 2 N–H and O–H groups in total. The number of nitrogens with two attached hydrogens (primary N) is 1. The van der Waals surface area contributed by atoms with Gasteiger partial charge in [-0.2, -0.15) is 0 Å².